The Hall–Kier alpha value is -1.13. The summed E-state index contributed by atoms with van der Waals surface area (Å²) in [7, 11) is 0. The Labute approximate surface area is 126 Å². The molecule has 0 saturated heterocycles. The van der Waals surface area contributed by atoms with E-state index in [4.69, 9.17) is 16.3 Å². The third-order valence-corrected chi connectivity index (χ3v) is 4.41. The molecule has 0 aliphatic rings. The Balaban J connectivity index is 2.39. The molecule has 0 fully saturated rings. The van der Waals surface area contributed by atoms with Crippen molar-refractivity contribution >= 4 is 27.5 Å². The Kier molecular flexibility index (Phi) is 4.42. The zero-order valence-electron chi connectivity index (χ0n) is 11.0. The summed E-state index contributed by atoms with van der Waals surface area (Å²) in [4.78, 5) is 8.13. The standard InChI is InChI=1S/C14H14BrClN2O/c1-4-11-13(16)17-7-18-14(11)19-10-5-8(2)12(15)9(3)6-10/h5-7H,4H2,1-3H3. The number of halogens is 2. The Morgan fingerprint density at radius 1 is 1.21 bits per heavy atom. The molecule has 2 rings (SSSR count). The number of aromatic nitrogens is 2. The van der Waals surface area contributed by atoms with Crippen LogP contribution in [0.5, 0.6) is 11.6 Å². The number of hydrogen-bond acceptors (Lipinski definition) is 3. The topological polar surface area (TPSA) is 35.0 Å². The summed E-state index contributed by atoms with van der Waals surface area (Å²) in [5, 5.41) is 0.443. The van der Waals surface area contributed by atoms with Crippen molar-refractivity contribution in [1.82, 2.24) is 9.97 Å². The molecule has 0 amide bonds. The molecule has 0 aliphatic heterocycles. The minimum absolute atomic E-state index is 0.443. The second-order valence-corrected chi connectivity index (χ2v) is 5.43. The van der Waals surface area contributed by atoms with Crippen molar-refractivity contribution in [1.29, 1.82) is 0 Å². The van der Waals surface area contributed by atoms with Gasteiger partial charge in [-0.05, 0) is 43.5 Å². The van der Waals surface area contributed by atoms with Crippen LogP contribution in [0.15, 0.2) is 22.9 Å². The maximum absolute atomic E-state index is 6.04. The first-order valence-electron chi connectivity index (χ1n) is 5.97. The first-order valence-corrected chi connectivity index (χ1v) is 7.14. The molecular formula is C14H14BrClN2O. The molecule has 19 heavy (non-hydrogen) atoms. The molecule has 3 nitrogen and oxygen atoms in total. The minimum Gasteiger partial charge on any atom is -0.439 e. The zero-order valence-corrected chi connectivity index (χ0v) is 13.3. The highest BCUT2D eigenvalue weighted by molar-refractivity contribution is 9.10. The Morgan fingerprint density at radius 3 is 2.42 bits per heavy atom. The van der Waals surface area contributed by atoms with E-state index in [9.17, 15) is 0 Å². The average Bonchev–Trinajstić information content (AvgIpc) is 2.36. The van der Waals surface area contributed by atoms with Crippen LogP contribution in [0.3, 0.4) is 0 Å². The summed E-state index contributed by atoms with van der Waals surface area (Å²) in [6, 6.07) is 3.93. The van der Waals surface area contributed by atoms with Crippen molar-refractivity contribution in [2.45, 2.75) is 27.2 Å². The van der Waals surface area contributed by atoms with Crippen molar-refractivity contribution in [3.8, 4) is 11.6 Å². The molecule has 0 saturated carbocycles. The fraction of sp³-hybridized carbons (Fsp3) is 0.286. The number of nitrogens with zero attached hydrogens (tertiary/aromatic N) is 2. The van der Waals surface area contributed by atoms with E-state index in [1.54, 1.807) is 0 Å². The van der Waals surface area contributed by atoms with Gasteiger partial charge in [-0.1, -0.05) is 34.5 Å². The monoisotopic (exact) mass is 340 g/mol. The van der Waals surface area contributed by atoms with Gasteiger partial charge < -0.3 is 4.74 Å². The van der Waals surface area contributed by atoms with Gasteiger partial charge in [0.1, 0.15) is 17.2 Å². The highest BCUT2D eigenvalue weighted by Gasteiger charge is 2.11. The molecule has 0 radical (unpaired) electrons. The summed E-state index contributed by atoms with van der Waals surface area (Å²) in [5.41, 5.74) is 3.06. The highest BCUT2D eigenvalue weighted by Crippen LogP contribution is 2.31. The molecule has 1 aromatic carbocycles. The van der Waals surface area contributed by atoms with Gasteiger partial charge in [-0.3, -0.25) is 0 Å². The molecular weight excluding hydrogens is 328 g/mol. The summed E-state index contributed by atoms with van der Waals surface area (Å²) in [6.45, 7) is 6.05. The molecule has 1 aromatic heterocycles. The van der Waals surface area contributed by atoms with E-state index < -0.39 is 0 Å². The number of rotatable bonds is 3. The van der Waals surface area contributed by atoms with Crippen molar-refractivity contribution < 1.29 is 4.74 Å². The minimum atomic E-state index is 0.443. The van der Waals surface area contributed by atoms with Crippen LogP contribution < -0.4 is 4.74 Å². The third-order valence-electron chi connectivity index (χ3n) is 2.83. The largest absolute Gasteiger partial charge is 0.439 e. The summed E-state index contributed by atoms with van der Waals surface area (Å²) >= 11 is 9.58. The van der Waals surface area contributed by atoms with Gasteiger partial charge in [0, 0.05) is 4.47 Å². The van der Waals surface area contributed by atoms with Crippen molar-refractivity contribution in [2.24, 2.45) is 0 Å². The summed E-state index contributed by atoms with van der Waals surface area (Å²) < 4.78 is 6.94. The van der Waals surface area contributed by atoms with Gasteiger partial charge >= 0.3 is 0 Å². The molecule has 0 N–H and O–H groups in total. The van der Waals surface area contributed by atoms with E-state index in [-0.39, 0.29) is 0 Å². The normalized spacial score (nSPS) is 10.6. The fourth-order valence-electron chi connectivity index (χ4n) is 1.84. The third kappa shape index (κ3) is 3.07. The van der Waals surface area contributed by atoms with E-state index in [0.717, 1.165) is 33.3 Å². The lowest BCUT2D eigenvalue weighted by Gasteiger charge is -2.11. The fourth-order valence-corrected chi connectivity index (χ4v) is 2.32. The maximum atomic E-state index is 6.04. The van der Waals surface area contributed by atoms with Crippen LogP contribution in [0.2, 0.25) is 5.15 Å². The first kappa shape index (κ1) is 14.3. The molecule has 0 atom stereocenters. The Bertz CT molecular complexity index is 593. The summed E-state index contributed by atoms with van der Waals surface area (Å²) in [6.07, 6.45) is 2.14. The van der Waals surface area contributed by atoms with Gasteiger partial charge in [-0.2, -0.15) is 0 Å². The maximum Gasteiger partial charge on any atom is 0.226 e. The lowest BCUT2D eigenvalue weighted by molar-refractivity contribution is 0.454. The average molecular weight is 342 g/mol. The van der Waals surface area contributed by atoms with E-state index in [1.165, 1.54) is 6.33 Å². The number of hydrogen-bond donors (Lipinski definition) is 0. The van der Waals surface area contributed by atoms with Gasteiger partial charge in [0.2, 0.25) is 5.88 Å². The van der Waals surface area contributed by atoms with Crippen LogP contribution in [0.1, 0.15) is 23.6 Å². The number of benzene rings is 1. The molecule has 0 bridgehead atoms. The van der Waals surface area contributed by atoms with Crippen LogP contribution in [0.4, 0.5) is 0 Å². The molecule has 2 aromatic rings. The second kappa shape index (κ2) is 5.88. The summed E-state index contributed by atoms with van der Waals surface area (Å²) in [5.74, 6) is 1.27. The van der Waals surface area contributed by atoms with E-state index in [2.05, 4.69) is 25.9 Å². The van der Waals surface area contributed by atoms with Gasteiger partial charge in [0.15, 0.2) is 0 Å². The van der Waals surface area contributed by atoms with Gasteiger partial charge in [0.05, 0.1) is 5.56 Å². The van der Waals surface area contributed by atoms with Crippen molar-refractivity contribution in [3.05, 3.63) is 44.8 Å². The van der Waals surface area contributed by atoms with Crippen LogP contribution in [-0.4, -0.2) is 9.97 Å². The lowest BCUT2D eigenvalue weighted by atomic mass is 10.1. The van der Waals surface area contributed by atoms with Crippen molar-refractivity contribution in [3.63, 3.8) is 0 Å². The van der Waals surface area contributed by atoms with Gasteiger partial charge in [0.25, 0.3) is 0 Å². The van der Waals surface area contributed by atoms with Gasteiger partial charge in [-0.25, -0.2) is 9.97 Å². The second-order valence-electron chi connectivity index (χ2n) is 4.27. The van der Waals surface area contributed by atoms with Crippen LogP contribution in [-0.2, 0) is 6.42 Å². The molecule has 0 unspecified atom stereocenters. The molecule has 1 heterocycles. The molecule has 0 aliphatic carbocycles. The first-order chi connectivity index (χ1) is 9.02. The van der Waals surface area contributed by atoms with Gasteiger partial charge in [-0.15, -0.1) is 0 Å². The predicted molar refractivity (Wildman–Crippen MR) is 80.1 cm³/mol. The van der Waals surface area contributed by atoms with Crippen LogP contribution >= 0.6 is 27.5 Å². The van der Waals surface area contributed by atoms with E-state index in [1.807, 2.05) is 32.9 Å². The quantitative estimate of drug-likeness (QED) is 0.747. The van der Waals surface area contributed by atoms with E-state index in [0.29, 0.717) is 11.0 Å². The molecule has 0 spiro atoms. The smallest absolute Gasteiger partial charge is 0.226 e. The van der Waals surface area contributed by atoms with Crippen LogP contribution in [0.25, 0.3) is 0 Å². The zero-order chi connectivity index (χ0) is 14.0. The number of ether oxygens (including phenoxy) is 1. The highest BCUT2D eigenvalue weighted by atomic mass is 79.9. The van der Waals surface area contributed by atoms with Crippen molar-refractivity contribution in [2.75, 3.05) is 0 Å². The molecule has 5 heteroatoms. The Morgan fingerprint density at radius 2 is 1.84 bits per heavy atom. The molecule has 100 valence electrons. The lowest BCUT2D eigenvalue weighted by Crippen LogP contribution is -1.97. The number of aryl methyl sites for hydroxylation is 2. The van der Waals surface area contributed by atoms with Crippen LogP contribution in [0, 0.1) is 13.8 Å². The van der Waals surface area contributed by atoms with E-state index >= 15 is 0 Å². The SMILES string of the molecule is CCc1c(Cl)ncnc1Oc1cc(C)c(Br)c(C)c1. The predicted octanol–water partition coefficient (Wildman–Crippen LogP) is 4.86.